The van der Waals surface area contributed by atoms with Crippen LogP contribution in [-0.4, -0.2) is 22.3 Å². The number of thiol groups is 1. The Morgan fingerprint density at radius 2 is 1.54 bits per heavy atom. The predicted molar refractivity (Wildman–Crippen MR) is 63.0 cm³/mol. The van der Waals surface area contributed by atoms with E-state index in [-0.39, 0.29) is 21.7 Å². The molecule has 0 N–H and O–H groups in total. The van der Waals surface area contributed by atoms with E-state index in [2.05, 4.69) is 31.4 Å². The van der Waals surface area contributed by atoms with Crippen molar-refractivity contribution in [2.45, 2.75) is 39.5 Å². The second-order valence-corrected chi connectivity index (χ2v) is 4.09. The third-order valence-electron chi connectivity index (χ3n) is 1.83. The van der Waals surface area contributed by atoms with E-state index in [9.17, 15) is 0 Å². The predicted octanol–water partition coefficient (Wildman–Crippen LogP) is 3.10. The van der Waals surface area contributed by atoms with E-state index in [1.807, 2.05) is 0 Å². The van der Waals surface area contributed by atoms with E-state index in [1.54, 1.807) is 0 Å². The van der Waals surface area contributed by atoms with Crippen molar-refractivity contribution in [3.63, 3.8) is 0 Å². The SMILES string of the molecule is CCCCN(CCCC)C(=S)S.[Ti]. The van der Waals surface area contributed by atoms with Gasteiger partial charge in [-0.3, -0.25) is 0 Å². The van der Waals surface area contributed by atoms with Gasteiger partial charge in [-0.05, 0) is 12.8 Å². The molecule has 0 unspecified atom stereocenters. The number of thiocarbonyl (C=S) groups is 1. The molecule has 0 aliphatic carbocycles. The largest absolute Gasteiger partial charge is 0.358 e. The van der Waals surface area contributed by atoms with Gasteiger partial charge in [0.15, 0.2) is 0 Å². The smallest absolute Gasteiger partial charge is 0.133 e. The van der Waals surface area contributed by atoms with Crippen LogP contribution in [0.3, 0.4) is 0 Å². The van der Waals surface area contributed by atoms with E-state index in [4.69, 9.17) is 12.2 Å². The summed E-state index contributed by atoms with van der Waals surface area (Å²) in [7, 11) is 0. The van der Waals surface area contributed by atoms with E-state index in [0.29, 0.717) is 0 Å². The number of hydrogen-bond donors (Lipinski definition) is 1. The Hall–Kier alpha value is 0.954. The standard InChI is InChI=1S/C9H19NS2.Ti/c1-3-5-7-10(9(11)12)8-6-4-2;/h3-8H2,1-2H3,(H,11,12);. The number of unbranched alkanes of at least 4 members (excludes halogenated alkanes) is 2. The average molecular weight is 253 g/mol. The van der Waals surface area contributed by atoms with Crippen molar-refractivity contribution in [2.75, 3.05) is 13.1 Å². The summed E-state index contributed by atoms with van der Waals surface area (Å²) >= 11 is 9.23. The summed E-state index contributed by atoms with van der Waals surface area (Å²) in [5, 5.41) is 0. The van der Waals surface area contributed by atoms with Gasteiger partial charge in [0, 0.05) is 34.8 Å². The molecule has 0 saturated heterocycles. The topological polar surface area (TPSA) is 3.24 Å². The fourth-order valence-corrected chi connectivity index (χ4v) is 1.38. The maximum absolute atomic E-state index is 5.03. The number of nitrogens with zero attached hydrogens (tertiary/aromatic N) is 1. The summed E-state index contributed by atoms with van der Waals surface area (Å²) in [5.74, 6) is 0. The number of hydrogen-bond acceptors (Lipinski definition) is 1. The molecular weight excluding hydrogens is 234 g/mol. The Kier molecular flexibility index (Phi) is 13.9. The Labute approximate surface area is 108 Å². The summed E-state index contributed by atoms with van der Waals surface area (Å²) in [6.45, 7) is 6.52. The fourth-order valence-electron chi connectivity index (χ4n) is 1.00. The zero-order chi connectivity index (χ0) is 9.40. The Morgan fingerprint density at radius 3 is 1.77 bits per heavy atom. The molecule has 0 bridgehead atoms. The van der Waals surface area contributed by atoms with Crippen LogP contribution < -0.4 is 0 Å². The Bertz CT molecular complexity index is 123. The molecule has 4 heteroatoms. The minimum Gasteiger partial charge on any atom is -0.358 e. The summed E-state index contributed by atoms with van der Waals surface area (Å²) in [5.41, 5.74) is 0. The van der Waals surface area contributed by atoms with Gasteiger partial charge in [-0.15, -0.1) is 12.6 Å². The maximum Gasteiger partial charge on any atom is 0.133 e. The van der Waals surface area contributed by atoms with Crippen molar-refractivity contribution in [1.82, 2.24) is 4.90 Å². The minimum absolute atomic E-state index is 0. The molecule has 0 aromatic rings. The Morgan fingerprint density at radius 1 is 1.15 bits per heavy atom. The van der Waals surface area contributed by atoms with Gasteiger partial charge in [0.25, 0.3) is 0 Å². The van der Waals surface area contributed by atoms with Gasteiger partial charge in [-0.2, -0.15) is 0 Å². The first kappa shape index (κ1) is 16.4. The van der Waals surface area contributed by atoms with Crippen molar-refractivity contribution in [3.05, 3.63) is 0 Å². The van der Waals surface area contributed by atoms with Crippen molar-refractivity contribution in [3.8, 4) is 0 Å². The van der Waals surface area contributed by atoms with Crippen LogP contribution >= 0.6 is 24.8 Å². The number of rotatable bonds is 6. The van der Waals surface area contributed by atoms with Gasteiger partial charge in [0.05, 0.1) is 0 Å². The molecule has 1 nitrogen and oxygen atoms in total. The summed E-state index contributed by atoms with van der Waals surface area (Å²) in [4.78, 5) is 2.19. The van der Waals surface area contributed by atoms with Crippen LogP contribution in [0.25, 0.3) is 0 Å². The third-order valence-corrected chi connectivity index (χ3v) is 2.37. The van der Waals surface area contributed by atoms with Crippen LogP contribution in [0.2, 0.25) is 0 Å². The first-order valence-corrected chi connectivity index (χ1v) is 5.55. The summed E-state index contributed by atoms with van der Waals surface area (Å²) in [6, 6.07) is 0. The second-order valence-electron chi connectivity index (χ2n) is 2.98. The van der Waals surface area contributed by atoms with E-state index < -0.39 is 0 Å². The molecule has 0 fully saturated rings. The zero-order valence-corrected chi connectivity index (χ0v) is 11.8. The molecule has 76 valence electrons. The van der Waals surface area contributed by atoms with Crippen molar-refractivity contribution < 1.29 is 21.7 Å². The normalized spacial score (nSPS) is 9.15. The molecule has 0 atom stereocenters. The minimum atomic E-state index is 0. The first-order chi connectivity index (χ1) is 5.72. The van der Waals surface area contributed by atoms with Gasteiger partial charge < -0.3 is 4.90 Å². The molecular formula is C9H19NS2Ti. The van der Waals surface area contributed by atoms with Crippen LogP contribution in [0, 0.1) is 0 Å². The fraction of sp³-hybridized carbons (Fsp3) is 0.889. The second kappa shape index (κ2) is 11.0. The molecule has 0 heterocycles. The third kappa shape index (κ3) is 9.26. The quantitative estimate of drug-likeness (QED) is 0.440. The Balaban J connectivity index is 0. The van der Waals surface area contributed by atoms with Gasteiger partial charge in [-0.25, -0.2) is 0 Å². The van der Waals surface area contributed by atoms with Gasteiger partial charge in [-0.1, -0.05) is 38.9 Å². The average Bonchev–Trinajstić information content (AvgIpc) is 2.04. The van der Waals surface area contributed by atoms with Crippen LogP contribution in [0.1, 0.15) is 39.5 Å². The summed E-state index contributed by atoms with van der Waals surface area (Å²) < 4.78 is 0.747. The van der Waals surface area contributed by atoms with Crippen LogP contribution in [0.5, 0.6) is 0 Å². The van der Waals surface area contributed by atoms with Crippen LogP contribution in [0.15, 0.2) is 0 Å². The van der Waals surface area contributed by atoms with E-state index in [1.165, 1.54) is 25.7 Å². The van der Waals surface area contributed by atoms with Crippen molar-refractivity contribution in [2.24, 2.45) is 0 Å². The van der Waals surface area contributed by atoms with Gasteiger partial charge in [0.2, 0.25) is 0 Å². The van der Waals surface area contributed by atoms with Crippen molar-refractivity contribution >= 4 is 29.2 Å². The van der Waals surface area contributed by atoms with Gasteiger partial charge >= 0.3 is 0 Å². The zero-order valence-electron chi connectivity index (χ0n) is 8.55. The molecule has 0 spiro atoms. The molecule has 0 aliphatic heterocycles. The molecule has 0 saturated carbocycles. The van der Waals surface area contributed by atoms with Crippen molar-refractivity contribution in [1.29, 1.82) is 0 Å². The molecule has 0 aliphatic rings. The molecule has 0 radical (unpaired) electrons. The van der Waals surface area contributed by atoms with E-state index >= 15 is 0 Å². The summed E-state index contributed by atoms with van der Waals surface area (Å²) in [6.07, 6.45) is 4.87. The van der Waals surface area contributed by atoms with Crippen LogP contribution in [0.4, 0.5) is 0 Å². The molecule has 13 heavy (non-hydrogen) atoms. The molecule has 0 rings (SSSR count). The maximum atomic E-state index is 5.03. The van der Waals surface area contributed by atoms with Gasteiger partial charge in [0.1, 0.15) is 4.32 Å². The monoisotopic (exact) mass is 253 g/mol. The molecule has 0 aromatic heterocycles. The molecule has 0 amide bonds. The van der Waals surface area contributed by atoms with E-state index in [0.717, 1.165) is 17.4 Å². The first-order valence-electron chi connectivity index (χ1n) is 4.70. The molecule has 0 aromatic carbocycles. The van der Waals surface area contributed by atoms with Crippen LogP contribution in [-0.2, 0) is 21.7 Å².